The Balaban J connectivity index is 2.02. The van der Waals surface area contributed by atoms with Gasteiger partial charge in [-0.05, 0) is 49.1 Å². The van der Waals surface area contributed by atoms with E-state index in [0.29, 0.717) is 6.07 Å². The third-order valence-corrected chi connectivity index (χ3v) is 6.33. The van der Waals surface area contributed by atoms with Gasteiger partial charge in [-0.2, -0.15) is 31.4 Å². The number of aromatic amines is 1. The van der Waals surface area contributed by atoms with Gasteiger partial charge in [0.1, 0.15) is 5.60 Å². The van der Waals surface area contributed by atoms with Gasteiger partial charge < -0.3 is 4.74 Å². The van der Waals surface area contributed by atoms with Crippen molar-refractivity contribution in [3.8, 4) is 11.1 Å². The van der Waals surface area contributed by atoms with E-state index in [-0.39, 0.29) is 11.1 Å². The molecule has 0 aliphatic carbocycles. The average molecular weight is 576 g/mol. The molecule has 0 saturated heterocycles. The maximum atomic E-state index is 14.6. The molecule has 1 atom stereocenters. The van der Waals surface area contributed by atoms with Crippen LogP contribution in [0.15, 0.2) is 85.2 Å². The Hall–Kier alpha value is -4.12. The third-order valence-electron chi connectivity index (χ3n) is 6.33. The summed E-state index contributed by atoms with van der Waals surface area (Å²) in [6.07, 6.45) is -8.25. The molecule has 0 spiro atoms. The molecule has 3 aromatic carbocycles. The maximum Gasteiger partial charge on any atom is 0.417 e. The topological polar surface area (TPSA) is 67.0 Å². The fraction of sp³-hybridized carbons (Fsp3) is 0.267. The molecule has 4 rings (SSSR count). The van der Waals surface area contributed by atoms with Gasteiger partial charge in [-0.3, -0.25) is 15.2 Å². The zero-order chi connectivity index (χ0) is 30.1. The third kappa shape index (κ3) is 6.45. The Morgan fingerprint density at radius 3 is 1.93 bits per heavy atom. The zero-order valence-electron chi connectivity index (χ0n) is 22.3. The molecule has 1 unspecified atom stereocenters. The van der Waals surface area contributed by atoms with Crippen LogP contribution in [0.4, 0.5) is 26.3 Å². The van der Waals surface area contributed by atoms with Gasteiger partial charge in [0.15, 0.2) is 0 Å². The molecule has 0 amide bonds. The van der Waals surface area contributed by atoms with E-state index in [9.17, 15) is 31.1 Å². The van der Waals surface area contributed by atoms with Gasteiger partial charge in [0.05, 0.1) is 29.4 Å². The first-order valence-corrected chi connectivity index (χ1v) is 12.5. The Kier molecular flexibility index (Phi) is 8.04. The number of carbonyl (C=O) groups excluding carboxylic acids is 1. The van der Waals surface area contributed by atoms with E-state index in [4.69, 9.17) is 4.74 Å². The van der Waals surface area contributed by atoms with Crippen LogP contribution in [-0.2, 0) is 27.4 Å². The molecule has 1 heterocycles. The van der Waals surface area contributed by atoms with Gasteiger partial charge in [0.25, 0.3) is 0 Å². The van der Waals surface area contributed by atoms with Crippen LogP contribution < -0.4 is 5.32 Å². The number of nitrogens with one attached hydrogen (secondary N) is 2. The van der Waals surface area contributed by atoms with E-state index in [1.807, 2.05) is 30.3 Å². The molecule has 11 heteroatoms. The van der Waals surface area contributed by atoms with Crippen LogP contribution >= 0.6 is 0 Å². The van der Waals surface area contributed by atoms with Crippen molar-refractivity contribution < 1.29 is 35.9 Å². The number of nitrogens with zero attached hydrogens (tertiary/aromatic N) is 1. The highest BCUT2D eigenvalue weighted by atomic mass is 19.4. The molecule has 0 aliphatic heterocycles. The number of halogens is 6. The van der Waals surface area contributed by atoms with Crippen LogP contribution in [0.1, 0.15) is 48.6 Å². The Morgan fingerprint density at radius 1 is 0.780 bits per heavy atom. The SMILES string of the molecule is CC(C)(C)OC(=O)CNC(c1ccc(-c2ccccc2)cc1)(c1cn[nH]c1)c1cccc(C(F)(F)F)c1C(F)(F)F. The Bertz CT molecular complexity index is 1480. The Labute approximate surface area is 232 Å². The monoisotopic (exact) mass is 575 g/mol. The zero-order valence-corrected chi connectivity index (χ0v) is 22.3. The summed E-state index contributed by atoms with van der Waals surface area (Å²) in [4.78, 5) is 12.8. The molecule has 2 N–H and O–H groups in total. The van der Waals surface area contributed by atoms with Crippen LogP contribution in [0.2, 0.25) is 0 Å². The van der Waals surface area contributed by atoms with E-state index in [2.05, 4.69) is 15.5 Å². The fourth-order valence-electron chi connectivity index (χ4n) is 4.77. The molecule has 0 aliphatic rings. The number of alkyl halides is 6. The predicted octanol–water partition coefficient (Wildman–Crippen LogP) is 7.34. The van der Waals surface area contributed by atoms with Crippen molar-refractivity contribution >= 4 is 5.97 Å². The van der Waals surface area contributed by atoms with E-state index in [1.54, 1.807) is 32.9 Å². The number of benzene rings is 3. The molecule has 5 nitrogen and oxygen atoms in total. The molecule has 41 heavy (non-hydrogen) atoms. The van der Waals surface area contributed by atoms with Crippen molar-refractivity contribution in [1.82, 2.24) is 15.5 Å². The summed E-state index contributed by atoms with van der Waals surface area (Å²) in [5.41, 5.74) is -5.75. The fourth-order valence-corrected chi connectivity index (χ4v) is 4.77. The van der Waals surface area contributed by atoms with Gasteiger partial charge in [-0.15, -0.1) is 0 Å². The second-order valence-electron chi connectivity index (χ2n) is 10.3. The maximum absolute atomic E-state index is 14.6. The minimum atomic E-state index is -5.41. The number of aromatic nitrogens is 2. The molecular formula is C30H27F6N3O2. The largest absolute Gasteiger partial charge is 0.459 e. The summed E-state index contributed by atoms with van der Waals surface area (Å²) in [5.74, 6) is -0.813. The first-order valence-electron chi connectivity index (χ1n) is 12.5. The highest BCUT2D eigenvalue weighted by Crippen LogP contribution is 2.48. The summed E-state index contributed by atoms with van der Waals surface area (Å²) in [5, 5.41) is 9.24. The highest BCUT2D eigenvalue weighted by Gasteiger charge is 2.50. The average Bonchev–Trinajstić information content (AvgIpc) is 3.43. The number of rotatable bonds is 7. The second kappa shape index (κ2) is 11.0. The lowest BCUT2D eigenvalue weighted by Crippen LogP contribution is -2.49. The Morgan fingerprint density at radius 2 is 1.39 bits per heavy atom. The van der Waals surface area contributed by atoms with Gasteiger partial charge in [0.2, 0.25) is 0 Å². The number of hydrogen-bond acceptors (Lipinski definition) is 4. The summed E-state index contributed by atoms with van der Waals surface area (Å²) >= 11 is 0. The van der Waals surface area contributed by atoms with Crippen molar-refractivity contribution in [3.05, 3.63) is 113 Å². The highest BCUT2D eigenvalue weighted by molar-refractivity contribution is 5.73. The molecule has 1 aromatic heterocycles. The predicted molar refractivity (Wildman–Crippen MR) is 141 cm³/mol. The molecule has 0 radical (unpaired) electrons. The quantitative estimate of drug-likeness (QED) is 0.179. The van der Waals surface area contributed by atoms with Crippen molar-refractivity contribution in [1.29, 1.82) is 0 Å². The van der Waals surface area contributed by atoms with Gasteiger partial charge in [-0.1, -0.05) is 66.7 Å². The van der Waals surface area contributed by atoms with Crippen LogP contribution in [0.5, 0.6) is 0 Å². The van der Waals surface area contributed by atoms with Gasteiger partial charge >= 0.3 is 18.3 Å². The number of hydrogen-bond donors (Lipinski definition) is 2. The number of H-pyrrole nitrogens is 1. The van der Waals surface area contributed by atoms with Crippen molar-refractivity contribution in [3.63, 3.8) is 0 Å². The first kappa shape index (κ1) is 29.9. The van der Waals surface area contributed by atoms with Crippen LogP contribution in [0.25, 0.3) is 11.1 Å². The van der Waals surface area contributed by atoms with E-state index >= 15 is 0 Å². The van der Waals surface area contributed by atoms with E-state index in [0.717, 1.165) is 23.3 Å². The van der Waals surface area contributed by atoms with Crippen LogP contribution in [-0.4, -0.2) is 28.3 Å². The lowest BCUT2D eigenvalue weighted by atomic mass is 9.74. The lowest BCUT2D eigenvalue weighted by molar-refractivity contribution is -0.163. The molecule has 0 fully saturated rings. The summed E-state index contributed by atoms with van der Waals surface area (Å²) in [7, 11) is 0. The standard InChI is InChI=1S/C30H27F6N3O2/c1-27(2,3)41-25(40)18-37-28(22-16-38-39-17-22,21-14-12-20(13-15-21)19-8-5-4-6-9-19)23-10-7-11-24(29(31,32)33)26(23)30(34,35)36/h4-17,37H,18H2,1-3H3,(H,38,39). The summed E-state index contributed by atoms with van der Waals surface area (Å²) in [6.45, 7) is 4.22. The number of carbonyl (C=O) groups is 1. The molecule has 0 bridgehead atoms. The van der Waals surface area contributed by atoms with E-state index in [1.165, 1.54) is 24.5 Å². The van der Waals surface area contributed by atoms with Crippen LogP contribution in [0.3, 0.4) is 0 Å². The minimum Gasteiger partial charge on any atom is -0.459 e. The van der Waals surface area contributed by atoms with Crippen molar-refractivity contribution in [2.45, 2.75) is 44.3 Å². The first-order chi connectivity index (χ1) is 19.1. The van der Waals surface area contributed by atoms with E-state index < -0.39 is 52.7 Å². The summed E-state index contributed by atoms with van der Waals surface area (Å²) < 4.78 is 91.2. The number of ether oxygens (including phenoxy) is 1. The second-order valence-corrected chi connectivity index (χ2v) is 10.3. The number of esters is 1. The smallest absolute Gasteiger partial charge is 0.417 e. The lowest BCUT2D eigenvalue weighted by Gasteiger charge is -2.38. The molecule has 4 aromatic rings. The van der Waals surface area contributed by atoms with Crippen molar-refractivity contribution in [2.24, 2.45) is 0 Å². The molecule has 0 saturated carbocycles. The van der Waals surface area contributed by atoms with Crippen LogP contribution in [0, 0.1) is 0 Å². The minimum absolute atomic E-state index is 0.0540. The summed E-state index contributed by atoms with van der Waals surface area (Å²) in [6, 6.07) is 17.7. The van der Waals surface area contributed by atoms with Crippen molar-refractivity contribution in [2.75, 3.05) is 6.54 Å². The van der Waals surface area contributed by atoms with Gasteiger partial charge in [-0.25, -0.2) is 0 Å². The normalized spacial score (nSPS) is 14.0. The molecular weight excluding hydrogens is 548 g/mol. The van der Waals surface area contributed by atoms with Gasteiger partial charge in [0, 0.05) is 11.8 Å². The molecule has 216 valence electrons.